The minimum absolute atomic E-state index is 0.102. The molecule has 0 aliphatic carbocycles. The van der Waals surface area contributed by atoms with Crippen LogP contribution in [0.5, 0.6) is 11.5 Å². The minimum Gasteiger partial charge on any atom is -0.456 e. The van der Waals surface area contributed by atoms with Crippen molar-refractivity contribution in [2.75, 3.05) is 0 Å². The Bertz CT molecular complexity index is 3220. The summed E-state index contributed by atoms with van der Waals surface area (Å²) in [6, 6.07) is 31.6. The second-order valence-corrected chi connectivity index (χ2v) is 11.7. The maximum Gasteiger partial charge on any atom is 0.135 e. The Morgan fingerprint density at radius 3 is 1.87 bits per heavy atom. The molecule has 0 atom stereocenters. The molecule has 1 heteroatoms. The summed E-state index contributed by atoms with van der Waals surface area (Å²) in [6.45, 7) is 0. The maximum atomic E-state index is 9.07. The summed E-state index contributed by atoms with van der Waals surface area (Å²) in [7, 11) is 0. The summed E-state index contributed by atoms with van der Waals surface area (Å²) < 4.78 is 91.7. The van der Waals surface area contributed by atoms with Gasteiger partial charge in [-0.3, -0.25) is 0 Å². The van der Waals surface area contributed by atoms with Crippen molar-refractivity contribution in [3.8, 4) is 56.0 Å². The van der Waals surface area contributed by atoms with Crippen LogP contribution in [-0.2, 0) is 0 Å². The van der Waals surface area contributed by atoms with E-state index >= 15 is 0 Å². The van der Waals surface area contributed by atoms with Crippen LogP contribution in [0.2, 0.25) is 0 Å². The molecule has 1 aliphatic heterocycles. The fourth-order valence-electron chi connectivity index (χ4n) is 7.27. The molecular weight excluding hydrogens is 569 g/mol. The van der Waals surface area contributed by atoms with Crippen LogP contribution in [0.15, 0.2) is 170 Å². The number of fused-ring (bicyclic) bond motifs is 6. The Hall–Kier alpha value is -6.18. The van der Waals surface area contributed by atoms with Gasteiger partial charge in [0.15, 0.2) is 0 Å². The van der Waals surface area contributed by atoms with Crippen LogP contribution in [-0.4, -0.2) is 0 Å². The molecule has 1 heterocycles. The fraction of sp³-hybridized carbons (Fsp3) is 0. The van der Waals surface area contributed by atoms with Crippen molar-refractivity contribution >= 4 is 43.1 Å². The van der Waals surface area contributed by atoms with E-state index in [0.29, 0.717) is 22.6 Å². The molecule has 0 saturated heterocycles. The van der Waals surface area contributed by atoms with Crippen molar-refractivity contribution in [2.45, 2.75) is 0 Å². The van der Waals surface area contributed by atoms with E-state index in [1.165, 1.54) is 0 Å². The Morgan fingerprint density at radius 2 is 1.06 bits per heavy atom. The Morgan fingerprint density at radius 1 is 0.383 bits per heavy atom. The van der Waals surface area contributed by atoms with Gasteiger partial charge in [-0.1, -0.05) is 145 Å². The highest BCUT2D eigenvalue weighted by Crippen LogP contribution is 2.52. The lowest BCUT2D eigenvalue weighted by atomic mass is 9.82. The largest absolute Gasteiger partial charge is 0.456 e. The van der Waals surface area contributed by atoms with Gasteiger partial charge in [-0.15, -0.1) is 0 Å². The van der Waals surface area contributed by atoms with E-state index in [2.05, 4.69) is 18.2 Å². The predicted molar refractivity (Wildman–Crippen MR) is 198 cm³/mol. The fourth-order valence-corrected chi connectivity index (χ4v) is 7.27. The number of hydrogen-bond acceptors (Lipinski definition) is 1. The zero-order valence-electron chi connectivity index (χ0n) is 34.8. The molecule has 47 heavy (non-hydrogen) atoms. The van der Waals surface area contributed by atoms with E-state index in [1.54, 1.807) is 12.1 Å². The molecule has 9 aromatic carbocycles. The summed E-state index contributed by atoms with van der Waals surface area (Å²) in [4.78, 5) is 0. The number of benzene rings is 9. The van der Waals surface area contributed by atoms with Crippen LogP contribution in [0.1, 0.15) is 13.7 Å². The molecule has 0 bridgehead atoms. The first-order chi connectivity index (χ1) is 27.5. The third-order valence-corrected chi connectivity index (χ3v) is 9.22. The van der Waals surface area contributed by atoms with E-state index in [4.69, 9.17) is 18.4 Å². The van der Waals surface area contributed by atoms with Gasteiger partial charge in [0.1, 0.15) is 11.5 Å². The Labute approximate surface area is 287 Å². The summed E-state index contributed by atoms with van der Waals surface area (Å²) in [5.41, 5.74) is 4.82. The summed E-state index contributed by atoms with van der Waals surface area (Å²) in [5, 5.41) is 6.87. The van der Waals surface area contributed by atoms with Crippen LogP contribution in [0.4, 0.5) is 0 Å². The molecule has 1 aliphatic rings. The zero-order valence-corrected chi connectivity index (χ0v) is 24.8. The van der Waals surface area contributed by atoms with Crippen molar-refractivity contribution in [3.05, 3.63) is 170 Å². The molecule has 1 nitrogen and oxygen atoms in total. The first kappa shape index (κ1) is 18.1. The number of ether oxygens (including phenoxy) is 1. The lowest BCUT2D eigenvalue weighted by Gasteiger charge is -2.24. The average Bonchev–Trinajstić information content (AvgIpc) is 3.23. The molecule has 0 unspecified atom stereocenters. The van der Waals surface area contributed by atoms with Crippen LogP contribution < -0.4 is 4.74 Å². The van der Waals surface area contributed by atoms with Gasteiger partial charge in [0, 0.05) is 10.9 Å². The zero-order chi connectivity index (χ0) is 39.6. The molecule has 0 radical (unpaired) electrons. The van der Waals surface area contributed by atoms with Crippen molar-refractivity contribution < 1.29 is 18.4 Å². The van der Waals surface area contributed by atoms with Gasteiger partial charge in [0.2, 0.25) is 0 Å². The Balaban J connectivity index is 1.27. The SMILES string of the molecule is [2H]c1c([2H])c([2H])c(-c2ccc3c(c2)Oc2ccc(-c4c5ccccc5c(-c5c([2H])c([2H])c([2H])c([2H])c5[2H])c5c4ccc4ccccc45)c4cccc-3c24)c([2H])c1[2H]. The number of hydrogen-bond donors (Lipinski definition) is 0. The summed E-state index contributed by atoms with van der Waals surface area (Å²) in [5.74, 6) is 1.10. The van der Waals surface area contributed by atoms with Crippen molar-refractivity contribution in [1.29, 1.82) is 0 Å². The van der Waals surface area contributed by atoms with Gasteiger partial charge in [-0.25, -0.2) is 0 Å². The smallest absolute Gasteiger partial charge is 0.135 e. The first-order valence-electron chi connectivity index (χ1n) is 20.4. The van der Waals surface area contributed by atoms with Crippen molar-refractivity contribution in [1.82, 2.24) is 0 Å². The van der Waals surface area contributed by atoms with Gasteiger partial charge in [0.25, 0.3) is 0 Å². The van der Waals surface area contributed by atoms with Crippen LogP contribution in [0.3, 0.4) is 0 Å². The highest BCUT2D eigenvalue weighted by atomic mass is 16.5. The van der Waals surface area contributed by atoms with Gasteiger partial charge < -0.3 is 4.74 Å². The molecule has 0 fully saturated rings. The minimum atomic E-state index is -0.447. The quantitative estimate of drug-likeness (QED) is 0.144. The lowest BCUT2D eigenvalue weighted by Crippen LogP contribution is -1.99. The lowest BCUT2D eigenvalue weighted by molar-refractivity contribution is 0.487. The van der Waals surface area contributed by atoms with Gasteiger partial charge in [-0.2, -0.15) is 0 Å². The topological polar surface area (TPSA) is 9.23 Å². The molecular formula is C46H28O. The third kappa shape index (κ3) is 3.90. The third-order valence-electron chi connectivity index (χ3n) is 9.22. The van der Waals surface area contributed by atoms with Crippen molar-refractivity contribution in [2.24, 2.45) is 0 Å². The van der Waals surface area contributed by atoms with Crippen LogP contribution in [0.25, 0.3) is 87.6 Å². The van der Waals surface area contributed by atoms with E-state index in [-0.39, 0.29) is 35.3 Å². The molecule has 0 amide bonds. The second-order valence-electron chi connectivity index (χ2n) is 11.7. The summed E-state index contributed by atoms with van der Waals surface area (Å²) in [6.07, 6.45) is 0. The predicted octanol–water partition coefficient (Wildman–Crippen LogP) is 13.1. The molecule has 0 aromatic heterocycles. The molecule has 0 spiro atoms. The Kier molecular flexibility index (Phi) is 3.91. The summed E-state index contributed by atoms with van der Waals surface area (Å²) >= 11 is 0. The van der Waals surface area contributed by atoms with E-state index in [0.717, 1.165) is 65.3 Å². The van der Waals surface area contributed by atoms with Crippen LogP contribution >= 0.6 is 0 Å². The monoisotopic (exact) mass is 606 g/mol. The first-order valence-corrected chi connectivity index (χ1v) is 15.4. The van der Waals surface area contributed by atoms with E-state index < -0.39 is 36.3 Å². The second kappa shape index (κ2) is 10.2. The average molecular weight is 607 g/mol. The van der Waals surface area contributed by atoms with E-state index in [1.807, 2.05) is 78.9 Å². The molecule has 218 valence electrons. The van der Waals surface area contributed by atoms with Gasteiger partial charge in [0.05, 0.1) is 13.7 Å². The van der Waals surface area contributed by atoms with Crippen LogP contribution in [0, 0.1) is 0 Å². The van der Waals surface area contributed by atoms with Gasteiger partial charge >= 0.3 is 0 Å². The highest BCUT2D eigenvalue weighted by molar-refractivity contribution is 6.29. The van der Waals surface area contributed by atoms with Crippen molar-refractivity contribution in [3.63, 3.8) is 0 Å². The normalized spacial score (nSPS) is 15.0. The molecule has 10 rings (SSSR count). The molecule has 0 N–H and O–H groups in total. The highest BCUT2D eigenvalue weighted by Gasteiger charge is 2.25. The molecule has 9 aromatic rings. The standard InChI is InChI=1S/C46H28O/c1-3-12-29(13-4-1)32-23-24-34-35-20-11-21-38-39(26-27-41(45(35)38)47-42(34)28-32)44-37-19-10-9-18-36(37)43(31-15-5-2-6-16-31)46-33-17-8-7-14-30(33)22-25-40(44)46/h1-28H/i1D,2D,3D,4D,5D,6D,12D,13D,15D,16D. The molecule has 0 saturated carbocycles. The van der Waals surface area contributed by atoms with Gasteiger partial charge in [-0.05, 0) is 101 Å². The maximum absolute atomic E-state index is 9.07. The van der Waals surface area contributed by atoms with E-state index in [9.17, 15) is 0 Å². The number of rotatable bonds is 3.